The first kappa shape index (κ1) is 14.5. The van der Waals surface area contributed by atoms with E-state index in [-0.39, 0.29) is 10.8 Å². The second-order valence-electron chi connectivity index (χ2n) is 4.44. The molecule has 0 radical (unpaired) electrons. The highest BCUT2D eigenvalue weighted by Crippen LogP contribution is 2.19. The summed E-state index contributed by atoms with van der Waals surface area (Å²) < 4.78 is 27.5. The molecule has 0 aliphatic rings. The number of imidazole rings is 1. The maximum atomic E-state index is 12.4. The number of nitrogens with zero attached hydrogens (tertiary/aromatic N) is 4. The molecule has 0 atom stereocenters. The van der Waals surface area contributed by atoms with E-state index in [2.05, 4.69) is 9.97 Å². The van der Waals surface area contributed by atoms with E-state index in [0.29, 0.717) is 13.0 Å². The lowest BCUT2D eigenvalue weighted by Crippen LogP contribution is -2.31. The Labute approximate surface area is 118 Å². The second-order valence-corrected chi connectivity index (χ2v) is 6.40. The average molecular weight is 295 g/mol. The number of nitrogen functional groups attached to an aromatic ring is 1. The largest absolute Gasteiger partial charge is 0.381 e. The Kier molecular flexibility index (Phi) is 4.05. The molecular weight excluding hydrogens is 278 g/mol. The van der Waals surface area contributed by atoms with Crippen LogP contribution in [-0.4, -0.2) is 40.9 Å². The van der Waals surface area contributed by atoms with E-state index in [1.807, 2.05) is 18.2 Å². The van der Waals surface area contributed by atoms with Crippen LogP contribution in [0.1, 0.15) is 5.69 Å². The van der Waals surface area contributed by atoms with Crippen LogP contribution < -0.4 is 5.73 Å². The molecule has 0 aliphatic carbocycles. The molecule has 0 unspecified atom stereocenters. The molecule has 0 fully saturated rings. The van der Waals surface area contributed by atoms with Gasteiger partial charge >= 0.3 is 0 Å². The van der Waals surface area contributed by atoms with Crippen LogP contribution in [0.5, 0.6) is 0 Å². The predicted octanol–water partition coefficient (Wildman–Crippen LogP) is 0.260. The maximum Gasteiger partial charge on any atom is 0.262 e. The van der Waals surface area contributed by atoms with Crippen molar-refractivity contribution in [3.63, 3.8) is 0 Å². The number of hydrogen-bond donors (Lipinski definition) is 1. The van der Waals surface area contributed by atoms with Crippen molar-refractivity contribution in [2.24, 2.45) is 7.05 Å². The van der Waals surface area contributed by atoms with E-state index in [9.17, 15) is 8.42 Å². The molecule has 0 saturated carbocycles. The molecule has 0 saturated heterocycles. The summed E-state index contributed by atoms with van der Waals surface area (Å²) in [5.74, 6) is 0.0113. The smallest absolute Gasteiger partial charge is 0.262 e. The van der Waals surface area contributed by atoms with E-state index in [1.165, 1.54) is 22.2 Å². The van der Waals surface area contributed by atoms with Gasteiger partial charge in [-0.25, -0.2) is 13.4 Å². The number of anilines is 1. The molecule has 0 aliphatic heterocycles. The fourth-order valence-electron chi connectivity index (χ4n) is 1.84. The first-order valence-corrected chi connectivity index (χ1v) is 7.50. The van der Waals surface area contributed by atoms with Gasteiger partial charge in [0.15, 0.2) is 10.8 Å². The van der Waals surface area contributed by atoms with E-state index in [1.54, 1.807) is 13.2 Å². The lowest BCUT2D eigenvalue weighted by molar-refractivity contribution is 0.465. The van der Waals surface area contributed by atoms with Crippen molar-refractivity contribution >= 4 is 15.8 Å². The second kappa shape index (κ2) is 5.59. The normalized spacial score (nSPS) is 11.9. The van der Waals surface area contributed by atoms with Crippen molar-refractivity contribution in [1.29, 1.82) is 0 Å². The van der Waals surface area contributed by atoms with Gasteiger partial charge in [0, 0.05) is 39.0 Å². The van der Waals surface area contributed by atoms with Crippen LogP contribution in [0.2, 0.25) is 0 Å². The van der Waals surface area contributed by atoms with Gasteiger partial charge in [0.1, 0.15) is 0 Å². The lowest BCUT2D eigenvalue weighted by atomic mass is 10.3. The van der Waals surface area contributed by atoms with Crippen LogP contribution in [0.15, 0.2) is 35.7 Å². The predicted molar refractivity (Wildman–Crippen MR) is 75.4 cm³/mol. The van der Waals surface area contributed by atoms with Crippen LogP contribution in [0.4, 0.5) is 5.82 Å². The Bertz CT molecular complexity index is 662. The Morgan fingerprint density at radius 2 is 2.10 bits per heavy atom. The number of likely N-dealkylation sites (N-methyl/N-ethyl adjacent to an activating group) is 1. The van der Waals surface area contributed by atoms with Gasteiger partial charge in [-0.1, -0.05) is 6.07 Å². The quantitative estimate of drug-likeness (QED) is 0.854. The van der Waals surface area contributed by atoms with Gasteiger partial charge in [0.25, 0.3) is 10.0 Å². The van der Waals surface area contributed by atoms with Crippen LogP contribution in [0, 0.1) is 0 Å². The van der Waals surface area contributed by atoms with E-state index in [4.69, 9.17) is 5.73 Å². The number of aryl methyl sites for hydroxylation is 1. The van der Waals surface area contributed by atoms with Crippen molar-refractivity contribution in [1.82, 2.24) is 18.8 Å². The van der Waals surface area contributed by atoms with Gasteiger partial charge in [-0.05, 0) is 12.1 Å². The third-order valence-electron chi connectivity index (χ3n) is 2.97. The van der Waals surface area contributed by atoms with Crippen molar-refractivity contribution in [3.05, 3.63) is 36.4 Å². The van der Waals surface area contributed by atoms with Crippen LogP contribution in [0.3, 0.4) is 0 Å². The summed E-state index contributed by atoms with van der Waals surface area (Å²) in [6.07, 6.45) is 3.60. The maximum absolute atomic E-state index is 12.4. The number of hydrogen-bond acceptors (Lipinski definition) is 5. The molecule has 2 aromatic rings. The Balaban J connectivity index is 2.14. The molecule has 2 N–H and O–H groups in total. The summed E-state index contributed by atoms with van der Waals surface area (Å²) in [5.41, 5.74) is 6.46. The number of pyridine rings is 1. The molecule has 20 heavy (non-hydrogen) atoms. The minimum Gasteiger partial charge on any atom is -0.381 e. The molecule has 0 amide bonds. The first-order chi connectivity index (χ1) is 9.43. The summed E-state index contributed by atoms with van der Waals surface area (Å²) in [5, 5.41) is 0.0148. The average Bonchev–Trinajstić information content (AvgIpc) is 2.77. The first-order valence-electron chi connectivity index (χ1n) is 6.06. The summed E-state index contributed by atoms with van der Waals surface area (Å²) in [6.45, 7) is 0.323. The van der Waals surface area contributed by atoms with Crippen molar-refractivity contribution in [2.45, 2.75) is 11.4 Å². The Hall–Kier alpha value is -1.93. The van der Waals surface area contributed by atoms with Gasteiger partial charge < -0.3 is 10.3 Å². The highest BCUT2D eigenvalue weighted by molar-refractivity contribution is 7.89. The molecule has 0 spiro atoms. The highest BCUT2D eigenvalue weighted by Gasteiger charge is 2.27. The van der Waals surface area contributed by atoms with Crippen molar-refractivity contribution in [2.75, 3.05) is 19.3 Å². The third kappa shape index (κ3) is 2.81. The van der Waals surface area contributed by atoms with Gasteiger partial charge in [-0.3, -0.25) is 4.98 Å². The molecule has 108 valence electrons. The van der Waals surface area contributed by atoms with Gasteiger partial charge in [-0.15, -0.1) is 0 Å². The standard InChI is InChI=1S/C12H17N5O2S/c1-16-9-15-11(13)12(16)20(18,19)17(2)8-6-10-5-3-4-7-14-10/h3-5,7,9H,6,8,13H2,1-2H3. The van der Waals surface area contributed by atoms with Gasteiger partial charge in [0.2, 0.25) is 0 Å². The Morgan fingerprint density at radius 1 is 1.35 bits per heavy atom. The summed E-state index contributed by atoms with van der Waals surface area (Å²) in [4.78, 5) is 7.97. The lowest BCUT2D eigenvalue weighted by Gasteiger charge is -2.17. The SMILES string of the molecule is CN(CCc1ccccn1)S(=O)(=O)c1c(N)ncn1C. The van der Waals surface area contributed by atoms with Gasteiger partial charge in [-0.2, -0.15) is 4.31 Å². The number of aromatic nitrogens is 3. The van der Waals surface area contributed by atoms with Crippen molar-refractivity contribution in [3.8, 4) is 0 Å². The number of rotatable bonds is 5. The molecular formula is C12H17N5O2S. The fraction of sp³-hybridized carbons (Fsp3) is 0.333. The van der Waals surface area contributed by atoms with E-state index >= 15 is 0 Å². The molecule has 2 rings (SSSR count). The summed E-state index contributed by atoms with van der Waals surface area (Å²) in [7, 11) is -0.528. The van der Waals surface area contributed by atoms with Crippen LogP contribution in [0.25, 0.3) is 0 Å². The summed E-state index contributed by atoms with van der Waals surface area (Å²) in [6, 6.07) is 5.55. The molecule has 0 aromatic carbocycles. The van der Waals surface area contributed by atoms with Gasteiger partial charge in [0.05, 0.1) is 6.33 Å². The topological polar surface area (TPSA) is 94.1 Å². The molecule has 7 nitrogen and oxygen atoms in total. The zero-order valence-corrected chi connectivity index (χ0v) is 12.2. The summed E-state index contributed by atoms with van der Waals surface area (Å²) >= 11 is 0. The van der Waals surface area contributed by atoms with Crippen LogP contribution in [-0.2, 0) is 23.5 Å². The van der Waals surface area contributed by atoms with Crippen molar-refractivity contribution < 1.29 is 8.42 Å². The monoisotopic (exact) mass is 295 g/mol. The zero-order valence-electron chi connectivity index (χ0n) is 11.4. The number of sulfonamides is 1. The molecule has 8 heteroatoms. The minimum atomic E-state index is -3.65. The Morgan fingerprint density at radius 3 is 2.65 bits per heavy atom. The zero-order chi connectivity index (χ0) is 14.8. The number of nitrogens with two attached hydrogens (primary N) is 1. The third-order valence-corrected chi connectivity index (χ3v) is 4.96. The molecule has 2 aromatic heterocycles. The van der Waals surface area contributed by atoms with E-state index < -0.39 is 10.0 Å². The highest BCUT2D eigenvalue weighted by atomic mass is 32.2. The fourth-order valence-corrected chi connectivity index (χ4v) is 3.19. The van der Waals surface area contributed by atoms with E-state index in [0.717, 1.165) is 5.69 Å². The minimum absolute atomic E-state index is 0.0113. The van der Waals surface area contributed by atoms with Crippen LogP contribution >= 0.6 is 0 Å². The molecule has 0 bridgehead atoms. The molecule has 2 heterocycles.